The van der Waals surface area contributed by atoms with E-state index in [1.54, 1.807) is 12.3 Å². The topological polar surface area (TPSA) is 64.3 Å². The van der Waals surface area contributed by atoms with Crippen molar-refractivity contribution in [2.75, 3.05) is 18.0 Å². The van der Waals surface area contributed by atoms with Gasteiger partial charge in [-0.25, -0.2) is 4.98 Å². The molecule has 19 heavy (non-hydrogen) atoms. The lowest BCUT2D eigenvalue weighted by atomic mass is 10.2. The Morgan fingerprint density at radius 3 is 2.79 bits per heavy atom. The van der Waals surface area contributed by atoms with Gasteiger partial charge in [0.2, 0.25) is 11.8 Å². The number of ether oxygens (including phenoxy) is 1. The van der Waals surface area contributed by atoms with Crippen molar-refractivity contribution >= 4 is 5.95 Å². The summed E-state index contributed by atoms with van der Waals surface area (Å²) in [7, 11) is 0. The molecule has 0 aliphatic heterocycles. The minimum absolute atomic E-state index is 0.122. The summed E-state index contributed by atoms with van der Waals surface area (Å²) in [6, 6.07) is 2.33. The number of nitrogens with two attached hydrogens (primary N) is 1. The van der Waals surface area contributed by atoms with E-state index in [1.807, 2.05) is 13.8 Å². The van der Waals surface area contributed by atoms with Gasteiger partial charge in [-0.3, -0.25) is 0 Å². The molecule has 0 amide bonds. The number of hydrogen-bond acceptors (Lipinski definition) is 5. The molecule has 1 aliphatic rings. The summed E-state index contributed by atoms with van der Waals surface area (Å²) in [4.78, 5) is 11.1. The zero-order valence-electron chi connectivity index (χ0n) is 11.9. The van der Waals surface area contributed by atoms with Crippen LogP contribution in [0.25, 0.3) is 0 Å². The standard InChI is InChI=1S/C14H24N4O/c1-11(2)19-13-7-9-16-14(17-13)18(10-8-15)12-5-3-4-6-12/h7,9,11-12H,3-6,8,10,15H2,1-2H3. The first-order valence-electron chi connectivity index (χ1n) is 7.17. The number of nitrogens with zero attached hydrogens (tertiary/aromatic N) is 3. The van der Waals surface area contributed by atoms with Gasteiger partial charge >= 0.3 is 0 Å². The molecule has 1 aromatic heterocycles. The average Bonchev–Trinajstić information content (AvgIpc) is 2.89. The van der Waals surface area contributed by atoms with Gasteiger partial charge in [0.15, 0.2) is 0 Å². The van der Waals surface area contributed by atoms with E-state index in [0.717, 1.165) is 12.5 Å². The molecule has 0 unspecified atom stereocenters. The van der Waals surface area contributed by atoms with E-state index < -0.39 is 0 Å². The first-order valence-corrected chi connectivity index (χ1v) is 7.17. The maximum absolute atomic E-state index is 5.72. The normalized spacial score (nSPS) is 16.0. The average molecular weight is 264 g/mol. The molecule has 5 nitrogen and oxygen atoms in total. The largest absolute Gasteiger partial charge is 0.475 e. The molecule has 2 rings (SSSR count). The fraction of sp³-hybridized carbons (Fsp3) is 0.714. The van der Waals surface area contributed by atoms with E-state index in [2.05, 4.69) is 14.9 Å². The van der Waals surface area contributed by atoms with Crippen molar-refractivity contribution in [3.8, 4) is 5.88 Å². The van der Waals surface area contributed by atoms with Gasteiger partial charge in [-0.05, 0) is 26.7 Å². The Hall–Kier alpha value is -1.36. The first-order chi connectivity index (χ1) is 9.20. The van der Waals surface area contributed by atoms with Crippen molar-refractivity contribution in [3.05, 3.63) is 12.3 Å². The SMILES string of the molecule is CC(C)Oc1ccnc(N(CCN)C2CCCC2)n1. The molecule has 1 heterocycles. The maximum Gasteiger partial charge on any atom is 0.228 e. The van der Waals surface area contributed by atoms with Crippen LogP contribution in [0.15, 0.2) is 12.3 Å². The molecule has 1 fully saturated rings. The predicted octanol–water partition coefficient (Wildman–Crippen LogP) is 1.97. The van der Waals surface area contributed by atoms with Crippen LogP contribution in [0, 0.1) is 0 Å². The van der Waals surface area contributed by atoms with E-state index in [9.17, 15) is 0 Å². The van der Waals surface area contributed by atoms with Crippen LogP contribution in [0.2, 0.25) is 0 Å². The molecule has 0 bridgehead atoms. The van der Waals surface area contributed by atoms with Crippen LogP contribution in [-0.4, -0.2) is 35.2 Å². The Kier molecular flexibility index (Phi) is 4.96. The van der Waals surface area contributed by atoms with Gasteiger partial charge in [-0.15, -0.1) is 0 Å². The molecular weight excluding hydrogens is 240 g/mol. The molecule has 0 aromatic carbocycles. The second-order valence-electron chi connectivity index (χ2n) is 5.28. The van der Waals surface area contributed by atoms with Crippen molar-refractivity contribution in [2.45, 2.75) is 51.7 Å². The summed E-state index contributed by atoms with van der Waals surface area (Å²) in [6.45, 7) is 5.41. The van der Waals surface area contributed by atoms with Gasteiger partial charge in [0, 0.05) is 31.4 Å². The van der Waals surface area contributed by atoms with Crippen LogP contribution < -0.4 is 15.4 Å². The third-order valence-corrected chi connectivity index (χ3v) is 3.37. The number of aromatic nitrogens is 2. The van der Waals surface area contributed by atoms with Crippen LogP contribution in [0.4, 0.5) is 5.95 Å². The summed E-state index contributed by atoms with van der Waals surface area (Å²) in [5, 5.41) is 0. The Morgan fingerprint density at radius 2 is 2.16 bits per heavy atom. The molecule has 1 aromatic rings. The summed E-state index contributed by atoms with van der Waals surface area (Å²) < 4.78 is 5.64. The number of anilines is 1. The Morgan fingerprint density at radius 1 is 1.42 bits per heavy atom. The number of hydrogen-bond donors (Lipinski definition) is 1. The lowest BCUT2D eigenvalue weighted by Crippen LogP contribution is -2.38. The third-order valence-electron chi connectivity index (χ3n) is 3.37. The highest BCUT2D eigenvalue weighted by Crippen LogP contribution is 2.26. The lowest BCUT2D eigenvalue weighted by Gasteiger charge is -2.28. The second kappa shape index (κ2) is 6.70. The van der Waals surface area contributed by atoms with Crippen molar-refractivity contribution in [1.29, 1.82) is 0 Å². The van der Waals surface area contributed by atoms with Crippen LogP contribution in [0.1, 0.15) is 39.5 Å². The predicted molar refractivity (Wildman–Crippen MR) is 76.5 cm³/mol. The third kappa shape index (κ3) is 3.80. The van der Waals surface area contributed by atoms with Crippen molar-refractivity contribution in [3.63, 3.8) is 0 Å². The highest BCUT2D eigenvalue weighted by atomic mass is 16.5. The van der Waals surface area contributed by atoms with Crippen molar-refractivity contribution in [1.82, 2.24) is 9.97 Å². The highest BCUT2D eigenvalue weighted by molar-refractivity contribution is 5.34. The van der Waals surface area contributed by atoms with Crippen molar-refractivity contribution in [2.24, 2.45) is 5.73 Å². The molecule has 0 atom stereocenters. The lowest BCUT2D eigenvalue weighted by molar-refractivity contribution is 0.232. The number of rotatable bonds is 6. The van der Waals surface area contributed by atoms with Crippen LogP contribution >= 0.6 is 0 Å². The van der Waals surface area contributed by atoms with Gasteiger partial charge < -0.3 is 15.4 Å². The highest BCUT2D eigenvalue weighted by Gasteiger charge is 2.24. The fourth-order valence-corrected chi connectivity index (χ4v) is 2.58. The summed E-state index contributed by atoms with van der Waals surface area (Å²) in [5.41, 5.74) is 5.72. The zero-order chi connectivity index (χ0) is 13.7. The molecule has 2 N–H and O–H groups in total. The van der Waals surface area contributed by atoms with Gasteiger partial charge in [-0.2, -0.15) is 4.98 Å². The molecular formula is C14H24N4O. The van der Waals surface area contributed by atoms with E-state index in [-0.39, 0.29) is 6.10 Å². The summed E-state index contributed by atoms with van der Waals surface area (Å²) >= 11 is 0. The van der Waals surface area contributed by atoms with E-state index in [0.29, 0.717) is 18.5 Å². The summed E-state index contributed by atoms with van der Waals surface area (Å²) in [5.74, 6) is 1.38. The second-order valence-corrected chi connectivity index (χ2v) is 5.28. The van der Waals surface area contributed by atoms with E-state index in [4.69, 9.17) is 10.5 Å². The minimum Gasteiger partial charge on any atom is -0.475 e. The van der Waals surface area contributed by atoms with Crippen LogP contribution in [-0.2, 0) is 0 Å². The molecule has 0 radical (unpaired) electrons. The molecule has 0 spiro atoms. The van der Waals surface area contributed by atoms with E-state index >= 15 is 0 Å². The van der Waals surface area contributed by atoms with Gasteiger partial charge in [0.25, 0.3) is 0 Å². The molecule has 5 heteroatoms. The van der Waals surface area contributed by atoms with Gasteiger partial charge in [0.05, 0.1) is 6.10 Å². The zero-order valence-corrected chi connectivity index (χ0v) is 11.9. The smallest absolute Gasteiger partial charge is 0.228 e. The Bertz CT molecular complexity index is 391. The van der Waals surface area contributed by atoms with Crippen LogP contribution in [0.5, 0.6) is 5.88 Å². The monoisotopic (exact) mass is 264 g/mol. The Labute approximate surface area is 115 Å². The first kappa shape index (κ1) is 14.1. The van der Waals surface area contributed by atoms with Crippen molar-refractivity contribution < 1.29 is 4.74 Å². The van der Waals surface area contributed by atoms with Gasteiger partial charge in [0.1, 0.15) is 0 Å². The minimum atomic E-state index is 0.122. The van der Waals surface area contributed by atoms with Crippen LogP contribution in [0.3, 0.4) is 0 Å². The molecule has 106 valence electrons. The Balaban J connectivity index is 2.15. The molecule has 1 aliphatic carbocycles. The summed E-state index contributed by atoms with van der Waals surface area (Å²) in [6.07, 6.45) is 6.87. The maximum atomic E-state index is 5.72. The molecule has 0 saturated heterocycles. The quantitative estimate of drug-likeness (QED) is 0.851. The molecule has 1 saturated carbocycles. The van der Waals surface area contributed by atoms with E-state index in [1.165, 1.54) is 25.7 Å². The fourth-order valence-electron chi connectivity index (χ4n) is 2.58. The van der Waals surface area contributed by atoms with Gasteiger partial charge in [-0.1, -0.05) is 12.8 Å².